The van der Waals surface area contributed by atoms with Crippen molar-refractivity contribution in [2.75, 3.05) is 11.9 Å². The van der Waals surface area contributed by atoms with Gasteiger partial charge in [0.2, 0.25) is 5.60 Å². The van der Waals surface area contributed by atoms with Gasteiger partial charge in [0.1, 0.15) is 17.1 Å². The Bertz CT molecular complexity index is 1520. The third kappa shape index (κ3) is 7.96. The lowest BCUT2D eigenvalue weighted by Crippen LogP contribution is -2.46. The van der Waals surface area contributed by atoms with Crippen molar-refractivity contribution in [3.05, 3.63) is 47.0 Å². The van der Waals surface area contributed by atoms with Gasteiger partial charge in [-0.15, -0.1) is 10.2 Å². The molecular formula is C29H30F6N4O6. The highest BCUT2D eigenvalue weighted by Crippen LogP contribution is 2.47. The molecule has 0 spiro atoms. The molecule has 1 amide bonds. The van der Waals surface area contributed by atoms with Crippen molar-refractivity contribution in [1.82, 2.24) is 15.2 Å². The van der Waals surface area contributed by atoms with Gasteiger partial charge in [0.05, 0.1) is 17.9 Å². The normalized spacial score (nSPS) is 20.0. The number of rotatable bonds is 4. The van der Waals surface area contributed by atoms with Crippen LogP contribution in [0.5, 0.6) is 0 Å². The van der Waals surface area contributed by atoms with E-state index in [2.05, 4.69) is 20.5 Å². The van der Waals surface area contributed by atoms with E-state index in [-0.39, 0.29) is 6.42 Å². The molecule has 16 heteroatoms. The third-order valence-corrected chi connectivity index (χ3v) is 6.83. The number of Topliss-reactive ketones (excluding diaryl/α,β-unsaturated/α-hetero) is 2. The van der Waals surface area contributed by atoms with Crippen LogP contribution in [0.1, 0.15) is 87.7 Å². The lowest BCUT2D eigenvalue weighted by molar-refractivity contribution is -0.293. The summed E-state index contributed by atoms with van der Waals surface area (Å²) in [4.78, 5) is 41.8. The molecule has 10 nitrogen and oxygen atoms in total. The van der Waals surface area contributed by atoms with Crippen molar-refractivity contribution >= 4 is 23.3 Å². The fourth-order valence-corrected chi connectivity index (χ4v) is 4.69. The molecule has 4 rings (SSSR count). The molecule has 1 aliphatic carbocycles. The summed E-state index contributed by atoms with van der Waals surface area (Å²) in [5.74, 6) is -3.76. The van der Waals surface area contributed by atoms with E-state index < -0.39 is 108 Å². The molecule has 4 bridgehead atoms. The smallest absolute Gasteiger partial charge is 0.426 e. The van der Waals surface area contributed by atoms with E-state index in [1.165, 1.54) is 20.8 Å². The van der Waals surface area contributed by atoms with Crippen LogP contribution in [0.2, 0.25) is 0 Å². The maximum Gasteiger partial charge on any atom is 0.426 e. The lowest BCUT2D eigenvalue weighted by atomic mass is 9.93. The number of pyridine rings is 1. The van der Waals surface area contributed by atoms with Crippen molar-refractivity contribution < 1.29 is 54.6 Å². The highest BCUT2D eigenvalue weighted by molar-refractivity contribution is 6.00. The highest BCUT2D eigenvalue weighted by atomic mass is 19.4. The number of hydrogen-bond donors (Lipinski definition) is 1. The van der Waals surface area contributed by atoms with Crippen molar-refractivity contribution in [2.45, 2.75) is 89.3 Å². The van der Waals surface area contributed by atoms with Gasteiger partial charge in [-0.1, -0.05) is 18.2 Å². The van der Waals surface area contributed by atoms with Crippen LogP contribution in [0.4, 0.5) is 36.8 Å². The van der Waals surface area contributed by atoms with Crippen LogP contribution in [-0.2, 0) is 26.0 Å². The molecule has 2 aliphatic rings. The minimum Gasteiger partial charge on any atom is -0.444 e. The van der Waals surface area contributed by atoms with Gasteiger partial charge >= 0.3 is 18.4 Å². The summed E-state index contributed by atoms with van der Waals surface area (Å²) in [5.41, 5.74) is -8.04. The Morgan fingerprint density at radius 2 is 1.76 bits per heavy atom. The van der Waals surface area contributed by atoms with Crippen LogP contribution >= 0.6 is 0 Å². The van der Waals surface area contributed by atoms with Crippen molar-refractivity contribution in [3.8, 4) is 11.6 Å². The van der Waals surface area contributed by atoms with Gasteiger partial charge in [-0.3, -0.25) is 14.9 Å². The average Bonchev–Trinajstić information content (AvgIpc) is 3.41. The Morgan fingerprint density at radius 1 is 1.02 bits per heavy atom. The minimum absolute atomic E-state index is 0.367. The molecule has 1 unspecified atom stereocenters. The molecule has 244 valence electrons. The maximum absolute atomic E-state index is 14.9. The lowest BCUT2D eigenvalue weighted by Gasteiger charge is -2.33. The van der Waals surface area contributed by atoms with Crippen molar-refractivity contribution in [2.24, 2.45) is 0 Å². The Balaban J connectivity index is 1.92. The number of nitrogens with one attached hydrogen (secondary N) is 1. The molecule has 1 atom stereocenters. The van der Waals surface area contributed by atoms with Crippen LogP contribution in [0.3, 0.4) is 0 Å². The number of carbonyl (C=O) groups excluding carboxylic acids is 3. The zero-order valence-electron chi connectivity index (χ0n) is 24.5. The van der Waals surface area contributed by atoms with E-state index >= 15 is 0 Å². The molecule has 1 N–H and O–H groups in total. The predicted molar refractivity (Wildman–Crippen MR) is 145 cm³/mol. The van der Waals surface area contributed by atoms with Crippen molar-refractivity contribution in [3.63, 3.8) is 0 Å². The first-order valence-electron chi connectivity index (χ1n) is 14.0. The van der Waals surface area contributed by atoms with Gasteiger partial charge in [-0.25, -0.2) is 9.78 Å². The molecule has 0 radical (unpaired) electrons. The molecule has 0 saturated carbocycles. The summed E-state index contributed by atoms with van der Waals surface area (Å²) < 4.78 is 103. The average molecular weight is 645 g/mol. The van der Waals surface area contributed by atoms with Gasteiger partial charge in [-0.05, 0) is 58.1 Å². The second-order valence-electron chi connectivity index (χ2n) is 11.5. The molecule has 2 aromatic rings. The maximum atomic E-state index is 14.9. The van der Waals surface area contributed by atoms with Gasteiger partial charge < -0.3 is 13.9 Å². The van der Waals surface area contributed by atoms with E-state index in [1.807, 2.05) is 0 Å². The van der Waals surface area contributed by atoms with E-state index in [1.54, 1.807) is 18.2 Å². The number of hydrogen-bond acceptors (Lipinski definition) is 9. The van der Waals surface area contributed by atoms with E-state index in [0.29, 0.717) is 24.5 Å². The number of halogens is 6. The van der Waals surface area contributed by atoms with Gasteiger partial charge in [0.15, 0.2) is 11.5 Å². The quantitative estimate of drug-likeness (QED) is 0.341. The fourth-order valence-electron chi connectivity index (χ4n) is 4.69. The first kappa shape index (κ1) is 33.8. The zero-order chi connectivity index (χ0) is 33.2. The topological polar surface area (TPSA) is 134 Å². The number of anilines is 1. The molecule has 45 heavy (non-hydrogen) atoms. The third-order valence-electron chi connectivity index (χ3n) is 6.83. The highest BCUT2D eigenvalue weighted by Gasteiger charge is 2.61. The summed E-state index contributed by atoms with van der Waals surface area (Å²) in [5, 5.41) is 9.26. The first-order chi connectivity index (χ1) is 20.9. The van der Waals surface area contributed by atoms with Crippen molar-refractivity contribution in [1.29, 1.82) is 0 Å². The number of ketones is 2. The van der Waals surface area contributed by atoms with Gasteiger partial charge in [0.25, 0.3) is 11.8 Å². The largest absolute Gasteiger partial charge is 0.444 e. The summed E-state index contributed by atoms with van der Waals surface area (Å²) in [7, 11) is 0. The number of amides is 1. The van der Waals surface area contributed by atoms with Crippen LogP contribution in [0, 0.1) is 0 Å². The number of fused-ring (bicyclic) bond motifs is 5. The Labute approximate surface area is 253 Å². The summed E-state index contributed by atoms with van der Waals surface area (Å²) in [6, 6.07) is 0.367. The Hall–Kier alpha value is -4.08. The number of nitrogens with zero attached hydrogens (tertiary/aromatic N) is 3. The number of allylic oxidation sites excluding steroid dienone is 2. The summed E-state index contributed by atoms with van der Waals surface area (Å²) in [6.07, 6.45) is -8.09. The first-order valence-corrected chi connectivity index (χ1v) is 14.0. The summed E-state index contributed by atoms with van der Waals surface area (Å²) >= 11 is 0. The molecule has 1 aliphatic heterocycles. The summed E-state index contributed by atoms with van der Waals surface area (Å²) in [6.45, 7) is 3.95. The molecule has 0 aromatic carbocycles. The van der Waals surface area contributed by atoms with Crippen LogP contribution < -0.4 is 5.32 Å². The second kappa shape index (κ2) is 12.7. The Kier molecular flexibility index (Phi) is 9.56. The number of ether oxygens (including phenoxy) is 2. The van der Waals surface area contributed by atoms with Crippen LogP contribution in [-0.4, -0.2) is 51.2 Å². The fraction of sp³-hybridized carbons (Fsp3) is 0.517. The number of aromatic nitrogens is 3. The van der Waals surface area contributed by atoms with E-state index in [4.69, 9.17) is 13.9 Å². The standard InChI is InChI=1S/C29H30F6N4O6/c1-26(2,3)45-25(42)36-19-14-18(28(30,31)32)21-20(41)12-11-17(40)10-7-13-27(29(33,34)35,43-15-16-8-5-4-6-9-16)24-39-38-23(44-24)22(19)37-21/h5,8-9,14H,4,6-7,10-13,15H2,1-3H3,(H,36,42). The minimum atomic E-state index is -5.17. The SMILES string of the molecule is CC(C)(C)OC(=O)Nc1cc(C(F)(F)F)c2nc1-c1nnc(o1)C(OCC1=CCCC=C1)(C(F)(F)F)CCCC(=O)CCC2=O. The van der Waals surface area contributed by atoms with Crippen LogP contribution in [0.25, 0.3) is 11.6 Å². The predicted octanol–water partition coefficient (Wildman–Crippen LogP) is 7.26. The van der Waals surface area contributed by atoms with Gasteiger partial charge in [0, 0.05) is 19.3 Å². The molecule has 0 saturated heterocycles. The zero-order valence-corrected chi connectivity index (χ0v) is 24.5. The van der Waals surface area contributed by atoms with Crippen LogP contribution in [0.15, 0.2) is 34.3 Å². The molecular weight excluding hydrogens is 614 g/mol. The molecule has 2 aromatic heterocycles. The Morgan fingerprint density at radius 3 is 2.38 bits per heavy atom. The number of carbonyl (C=O) groups is 3. The van der Waals surface area contributed by atoms with E-state index in [9.17, 15) is 40.7 Å². The number of alkyl halides is 6. The monoisotopic (exact) mass is 644 g/mol. The van der Waals surface area contributed by atoms with Gasteiger partial charge in [-0.2, -0.15) is 26.3 Å². The second-order valence-corrected chi connectivity index (χ2v) is 11.5. The molecule has 0 fully saturated rings. The van der Waals surface area contributed by atoms with E-state index in [0.717, 1.165) is 0 Å². The molecule has 3 heterocycles.